The molecule has 2 nitrogen and oxygen atoms in total. The topological polar surface area (TPSA) is 26.3 Å². The Labute approximate surface area is 120 Å². The highest BCUT2D eigenvalue weighted by atomic mass is 16.5. The van der Waals surface area contributed by atoms with Gasteiger partial charge in [-0.3, -0.25) is 4.79 Å². The smallest absolute Gasteiger partial charge is 0.150 e. The van der Waals surface area contributed by atoms with Gasteiger partial charge >= 0.3 is 0 Å². The van der Waals surface area contributed by atoms with Crippen molar-refractivity contribution in [2.24, 2.45) is 0 Å². The average molecular weight is 268 g/mol. The molecule has 0 aromatic heterocycles. The molecule has 0 aliphatic carbocycles. The average Bonchev–Trinajstić information content (AvgIpc) is 2.46. The highest BCUT2D eigenvalue weighted by molar-refractivity contribution is 5.78. The second-order valence-corrected chi connectivity index (χ2v) is 5.30. The highest BCUT2D eigenvalue weighted by Crippen LogP contribution is 2.34. The van der Waals surface area contributed by atoms with Crippen LogP contribution in [0.2, 0.25) is 0 Å². The van der Waals surface area contributed by atoms with Gasteiger partial charge in [0, 0.05) is 5.56 Å². The molecule has 0 heterocycles. The first-order valence-electron chi connectivity index (χ1n) is 6.81. The minimum Gasteiger partial charge on any atom is -0.496 e. The van der Waals surface area contributed by atoms with Crippen molar-refractivity contribution >= 4 is 6.29 Å². The number of carbonyl (C=O) groups is 1. The van der Waals surface area contributed by atoms with E-state index < -0.39 is 0 Å². The van der Waals surface area contributed by atoms with Gasteiger partial charge in [-0.1, -0.05) is 38.1 Å². The molecular weight excluding hydrogens is 248 g/mol. The number of methoxy groups -OCH3 is 1. The Kier molecular flexibility index (Phi) is 4.23. The van der Waals surface area contributed by atoms with Crippen LogP contribution < -0.4 is 4.74 Å². The van der Waals surface area contributed by atoms with Crippen LogP contribution in [0.3, 0.4) is 0 Å². The third kappa shape index (κ3) is 2.74. The number of aryl methyl sites for hydroxylation is 1. The fraction of sp³-hybridized carbons (Fsp3) is 0.278. The zero-order valence-corrected chi connectivity index (χ0v) is 12.4. The standard InChI is InChI=1S/C18H20O2/c1-12(2)16-10-17(13(3)9-18(16)20-4)15-7-5-14(11-19)6-8-15/h5-12H,1-4H3. The van der Waals surface area contributed by atoms with Gasteiger partial charge in [-0.2, -0.15) is 0 Å². The molecule has 0 spiro atoms. The van der Waals surface area contributed by atoms with Gasteiger partial charge in [0.1, 0.15) is 12.0 Å². The summed E-state index contributed by atoms with van der Waals surface area (Å²) in [5.74, 6) is 1.34. The Bertz CT molecular complexity index is 610. The van der Waals surface area contributed by atoms with E-state index in [-0.39, 0.29) is 0 Å². The second kappa shape index (κ2) is 5.91. The quantitative estimate of drug-likeness (QED) is 0.757. The fourth-order valence-electron chi connectivity index (χ4n) is 2.38. The molecule has 0 saturated carbocycles. The van der Waals surface area contributed by atoms with Crippen LogP contribution in [0.1, 0.15) is 41.3 Å². The van der Waals surface area contributed by atoms with E-state index in [0.717, 1.165) is 17.6 Å². The van der Waals surface area contributed by atoms with E-state index in [0.29, 0.717) is 11.5 Å². The molecule has 2 heteroatoms. The summed E-state index contributed by atoms with van der Waals surface area (Å²) in [5, 5.41) is 0. The number of benzene rings is 2. The molecule has 20 heavy (non-hydrogen) atoms. The number of carbonyl (C=O) groups excluding carboxylic acids is 1. The van der Waals surface area contributed by atoms with E-state index in [2.05, 4.69) is 32.9 Å². The Balaban J connectivity index is 2.55. The van der Waals surface area contributed by atoms with Crippen molar-refractivity contribution < 1.29 is 9.53 Å². The Morgan fingerprint density at radius 1 is 1.10 bits per heavy atom. The van der Waals surface area contributed by atoms with Crippen LogP contribution in [0, 0.1) is 6.92 Å². The van der Waals surface area contributed by atoms with Crippen molar-refractivity contribution in [2.75, 3.05) is 7.11 Å². The van der Waals surface area contributed by atoms with Gasteiger partial charge in [0.25, 0.3) is 0 Å². The van der Waals surface area contributed by atoms with Gasteiger partial charge in [0.15, 0.2) is 0 Å². The van der Waals surface area contributed by atoms with Gasteiger partial charge in [0.2, 0.25) is 0 Å². The molecule has 0 N–H and O–H groups in total. The minimum atomic E-state index is 0.401. The summed E-state index contributed by atoms with van der Waals surface area (Å²) < 4.78 is 5.47. The van der Waals surface area contributed by atoms with Crippen molar-refractivity contribution in [3.63, 3.8) is 0 Å². The van der Waals surface area contributed by atoms with Crippen LogP contribution in [0.15, 0.2) is 36.4 Å². The van der Waals surface area contributed by atoms with E-state index in [1.807, 2.05) is 24.3 Å². The third-order valence-electron chi connectivity index (χ3n) is 3.56. The minimum absolute atomic E-state index is 0.401. The maximum Gasteiger partial charge on any atom is 0.150 e. The van der Waals surface area contributed by atoms with Gasteiger partial charge < -0.3 is 4.74 Å². The summed E-state index contributed by atoms with van der Waals surface area (Å²) in [7, 11) is 1.71. The lowest BCUT2D eigenvalue weighted by Crippen LogP contribution is -1.97. The molecule has 0 bridgehead atoms. The molecule has 0 fully saturated rings. The fourth-order valence-corrected chi connectivity index (χ4v) is 2.38. The number of aldehydes is 1. The third-order valence-corrected chi connectivity index (χ3v) is 3.56. The molecule has 2 rings (SSSR count). The largest absolute Gasteiger partial charge is 0.496 e. The Hall–Kier alpha value is -2.09. The first-order chi connectivity index (χ1) is 9.56. The van der Waals surface area contributed by atoms with Crippen LogP contribution in [0.5, 0.6) is 5.75 Å². The summed E-state index contributed by atoms with van der Waals surface area (Å²) in [6.07, 6.45) is 0.865. The van der Waals surface area contributed by atoms with E-state index in [4.69, 9.17) is 4.74 Å². The van der Waals surface area contributed by atoms with Gasteiger partial charge in [-0.15, -0.1) is 0 Å². The Morgan fingerprint density at radius 2 is 1.75 bits per heavy atom. The van der Waals surface area contributed by atoms with Crippen molar-refractivity contribution in [2.45, 2.75) is 26.7 Å². The molecule has 104 valence electrons. The lowest BCUT2D eigenvalue weighted by atomic mass is 9.92. The molecule has 0 radical (unpaired) electrons. The van der Waals surface area contributed by atoms with Crippen molar-refractivity contribution in [1.29, 1.82) is 0 Å². The first kappa shape index (κ1) is 14.3. The molecule has 0 aliphatic rings. The lowest BCUT2D eigenvalue weighted by molar-refractivity contribution is 0.112. The predicted molar refractivity (Wildman–Crippen MR) is 82.6 cm³/mol. The maximum absolute atomic E-state index is 10.7. The highest BCUT2D eigenvalue weighted by Gasteiger charge is 2.12. The van der Waals surface area contributed by atoms with E-state index in [1.165, 1.54) is 16.7 Å². The molecular formula is C18H20O2. The molecule has 0 unspecified atom stereocenters. The van der Waals surface area contributed by atoms with E-state index in [1.54, 1.807) is 7.11 Å². The number of ether oxygens (including phenoxy) is 1. The zero-order chi connectivity index (χ0) is 14.7. The van der Waals surface area contributed by atoms with E-state index >= 15 is 0 Å². The molecule has 0 saturated heterocycles. The van der Waals surface area contributed by atoms with Gasteiger partial charge in [-0.05, 0) is 47.2 Å². The monoisotopic (exact) mass is 268 g/mol. The van der Waals surface area contributed by atoms with Crippen LogP contribution in [-0.4, -0.2) is 13.4 Å². The van der Waals surface area contributed by atoms with Crippen LogP contribution in [0.25, 0.3) is 11.1 Å². The summed E-state index contributed by atoms with van der Waals surface area (Å²) in [6, 6.07) is 11.9. The van der Waals surface area contributed by atoms with E-state index in [9.17, 15) is 4.79 Å². The van der Waals surface area contributed by atoms with Crippen LogP contribution >= 0.6 is 0 Å². The van der Waals surface area contributed by atoms with Crippen LogP contribution in [0.4, 0.5) is 0 Å². The normalized spacial score (nSPS) is 10.7. The summed E-state index contributed by atoms with van der Waals surface area (Å²) in [4.78, 5) is 10.7. The van der Waals surface area contributed by atoms with Gasteiger partial charge in [0.05, 0.1) is 7.11 Å². The van der Waals surface area contributed by atoms with Crippen molar-refractivity contribution in [3.8, 4) is 16.9 Å². The van der Waals surface area contributed by atoms with Crippen molar-refractivity contribution in [1.82, 2.24) is 0 Å². The lowest BCUT2D eigenvalue weighted by Gasteiger charge is -2.16. The molecule has 0 amide bonds. The first-order valence-corrected chi connectivity index (χ1v) is 6.81. The summed E-state index contributed by atoms with van der Waals surface area (Å²) in [6.45, 7) is 6.40. The second-order valence-electron chi connectivity index (χ2n) is 5.30. The maximum atomic E-state index is 10.7. The Morgan fingerprint density at radius 3 is 2.25 bits per heavy atom. The predicted octanol–water partition coefficient (Wildman–Crippen LogP) is 4.61. The SMILES string of the molecule is COc1cc(C)c(-c2ccc(C=O)cc2)cc1C(C)C. The number of rotatable bonds is 4. The number of hydrogen-bond donors (Lipinski definition) is 0. The molecule has 2 aromatic carbocycles. The molecule has 0 atom stereocenters. The van der Waals surface area contributed by atoms with Gasteiger partial charge in [-0.25, -0.2) is 0 Å². The molecule has 0 aliphatic heterocycles. The summed E-state index contributed by atoms with van der Waals surface area (Å²) >= 11 is 0. The van der Waals surface area contributed by atoms with Crippen molar-refractivity contribution in [3.05, 3.63) is 53.1 Å². The summed E-state index contributed by atoms with van der Waals surface area (Å²) in [5.41, 5.74) is 5.38. The van der Waals surface area contributed by atoms with Crippen LogP contribution in [-0.2, 0) is 0 Å². The number of hydrogen-bond acceptors (Lipinski definition) is 2. The zero-order valence-electron chi connectivity index (χ0n) is 12.4. The molecule has 2 aromatic rings.